The first-order valence-electron chi connectivity index (χ1n) is 8.49. The number of rotatable bonds is 5. The molecule has 0 atom stereocenters. The molecule has 0 saturated carbocycles. The van der Waals surface area contributed by atoms with E-state index in [1.165, 1.54) is 0 Å². The van der Waals surface area contributed by atoms with Gasteiger partial charge in [0.05, 0.1) is 27.4 Å². The Morgan fingerprint density at radius 2 is 1.86 bits per heavy atom. The summed E-state index contributed by atoms with van der Waals surface area (Å²) in [5, 5.41) is 11.2. The van der Waals surface area contributed by atoms with Gasteiger partial charge in [-0.3, -0.25) is 4.79 Å². The predicted molar refractivity (Wildman–Crippen MR) is 113 cm³/mol. The molecule has 0 aliphatic carbocycles. The number of carbonyl (C=O) groups is 1. The summed E-state index contributed by atoms with van der Waals surface area (Å²) >= 11 is 7.65. The molecule has 4 aromatic rings. The van der Waals surface area contributed by atoms with Crippen molar-refractivity contribution in [2.24, 2.45) is 5.10 Å². The molecular weight excluding hydrogens is 392 g/mol. The third-order valence-corrected chi connectivity index (χ3v) is 5.21. The van der Waals surface area contributed by atoms with Crippen LogP contribution in [0.2, 0.25) is 5.02 Å². The van der Waals surface area contributed by atoms with Crippen molar-refractivity contribution in [1.82, 2.24) is 15.2 Å². The highest BCUT2D eigenvalue weighted by molar-refractivity contribution is 7.13. The van der Waals surface area contributed by atoms with Gasteiger partial charge in [-0.1, -0.05) is 48.0 Å². The summed E-state index contributed by atoms with van der Waals surface area (Å²) in [5.74, 6) is -0.366. The molecule has 0 aliphatic heterocycles. The number of benzene rings is 2. The molecule has 28 heavy (non-hydrogen) atoms. The van der Waals surface area contributed by atoms with Crippen molar-refractivity contribution < 1.29 is 4.79 Å². The van der Waals surface area contributed by atoms with Crippen LogP contribution < -0.4 is 5.43 Å². The van der Waals surface area contributed by atoms with Gasteiger partial charge in [-0.2, -0.15) is 10.2 Å². The monoisotopic (exact) mass is 406 g/mol. The minimum Gasteiger partial charge on any atom is -0.267 e. The molecule has 0 bridgehead atoms. The SMILES string of the molecule is O=C(N/N=C\c1cn(-c2ccccc2)nc1-c1cccs1)c1ccccc1Cl. The van der Waals surface area contributed by atoms with E-state index in [9.17, 15) is 4.79 Å². The fourth-order valence-corrected chi connectivity index (χ4v) is 3.62. The molecule has 0 aliphatic rings. The van der Waals surface area contributed by atoms with Gasteiger partial charge in [0.2, 0.25) is 0 Å². The van der Waals surface area contributed by atoms with Gasteiger partial charge in [-0.15, -0.1) is 11.3 Å². The summed E-state index contributed by atoms with van der Waals surface area (Å²) in [5.41, 5.74) is 5.44. The van der Waals surface area contributed by atoms with Crippen LogP contribution in [0.3, 0.4) is 0 Å². The maximum atomic E-state index is 12.3. The second kappa shape index (κ2) is 8.21. The molecular formula is C21H15ClN4OS. The molecule has 7 heteroatoms. The molecule has 2 heterocycles. The summed E-state index contributed by atoms with van der Waals surface area (Å²) in [4.78, 5) is 13.3. The predicted octanol–water partition coefficient (Wildman–Crippen LogP) is 5.02. The van der Waals surface area contributed by atoms with E-state index in [1.807, 2.05) is 54.0 Å². The number of para-hydroxylation sites is 1. The van der Waals surface area contributed by atoms with Gasteiger partial charge >= 0.3 is 0 Å². The van der Waals surface area contributed by atoms with Crippen LogP contribution in [-0.4, -0.2) is 21.9 Å². The number of hydrazone groups is 1. The Balaban J connectivity index is 1.61. The van der Waals surface area contributed by atoms with E-state index < -0.39 is 0 Å². The molecule has 0 radical (unpaired) electrons. The topological polar surface area (TPSA) is 59.3 Å². The fourth-order valence-electron chi connectivity index (χ4n) is 2.67. The molecule has 0 spiro atoms. The number of halogens is 1. The average molecular weight is 407 g/mol. The first-order valence-corrected chi connectivity index (χ1v) is 9.75. The molecule has 2 aromatic carbocycles. The lowest BCUT2D eigenvalue weighted by Crippen LogP contribution is -2.17. The number of thiophene rings is 1. The third kappa shape index (κ3) is 3.88. The molecule has 0 saturated heterocycles. The number of aromatic nitrogens is 2. The van der Waals surface area contributed by atoms with E-state index >= 15 is 0 Å². The number of hydrogen-bond acceptors (Lipinski definition) is 4. The van der Waals surface area contributed by atoms with Crippen LogP contribution in [-0.2, 0) is 0 Å². The molecule has 2 aromatic heterocycles. The van der Waals surface area contributed by atoms with Crippen molar-refractivity contribution in [3.8, 4) is 16.3 Å². The number of hydrogen-bond donors (Lipinski definition) is 1. The highest BCUT2D eigenvalue weighted by Crippen LogP contribution is 2.26. The average Bonchev–Trinajstić information content (AvgIpc) is 3.39. The number of nitrogens with zero attached hydrogens (tertiary/aromatic N) is 3. The summed E-state index contributed by atoms with van der Waals surface area (Å²) in [6.07, 6.45) is 3.48. The number of carbonyl (C=O) groups excluding carboxylic acids is 1. The zero-order valence-corrected chi connectivity index (χ0v) is 16.2. The standard InChI is InChI=1S/C21H15ClN4OS/c22-18-10-5-4-9-17(18)21(27)24-23-13-15-14-26(16-7-2-1-3-8-16)25-20(15)19-11-6-12-28-19/h1-14H,(H,24,27)/b23-13-. The molecule has 4 rings (SSSR count). The smallest absolute Gasteiger partial charge is 0.267 e. The molecule has 0 fully saturated rings. The lowest BCUT2D eigenvalue weighted by atomic mass is 10.2. The highest BCUT2D eigenvalue weighted by atomic mass is 35.5. The quantitative estimate of drug-likeness (QED) is 0.373. The van der Waals surface area contributed by atoms with Crippen molar-refractivity contribution in [2.75, 3.05) is 0 Å². The molecule has 138 valence electrons. The minimum atomic E-state index is -0.366. The van der Waals surface area contributed by atoms with E-state index in [4.69, 9.17) is 16.7 Å². The van der Waals surface area contributed by atoms with Crippen LogP contribution in [0.25, 0.3) is 16.3 Å². The summed E-state index contributed by atoms with van der Waals surface area (Å²) in [6.45, 7) is 0. The van der Waals surface area contributed by atoms with Gasteiger partial charge in [0.25, 0.3) is 5.91 Å². The second-order valence-electron chi connectivity index (χ2n) is 5.87. The van der Waals surface area contributed by atoms with Gasteiger partial charge in [-0.05, 0) is 35.7 Å². The van der Waals surface area contributed by atoms with Gasteiger partial charge in [-0.25, -0.2) is 10.1 Å². The third-order valence-electron chi connectivity index (χ3n) is 4.01. The minimum absolute atomic E-state index is 0.366. The van der Waals surface area contributed by atoms with Gasteiger partial charge in [0.15, 0.2) is 0 Å². The maximum absolute atomic E-state index is 12.3. The van der Waals surface area contributed by atoms with Gasteiger partial charge < -0.3 is 0 Å². The van der Waals surface area contributed by atoms with Crippen LogP contribution in [0.15, 0.2) is 83.4 Å². The van der Waals surface area contributed by atoms with Crippen molar-refractivity contribution in [3.63, 3.8) is 0 Å². The van der Waals surface area contributed by atoms with E-state index in [2.05, 4.69) is 10.5 Å². The molecule has 1 amide bonds. The Morgan fingerprint density at radius 1 is 1.07 bits per heavy atom. The van der Waals surface area contributed by atoms with E-state index in [0.29, 0.717) is 10.6 Å². The van der Waals surface area contributed by atoms with Crippen LogP contribution in [0.1, 0.15) is 15.9 Å². The van der Waals surface area contributed by atoms with Crippen LogP contribution in [0, 0.1) is 0 Å². The van der Waals surface area contributed by atoms with E-state index in [-0.39, 0.29) is 5.91 Å². The zero-order valence-electron chi connectivity index (χ0n) is 14.6. The van der Waals surface area contributed by atoms with Crippen molar-refractivity contribution >= 4 is 35.1 Å². The first-order chi connectivity index (χ1) is 13.7. The maximum Gasteiger partial charge on any atom is 0.272 e. The van der Waals surface area contributed by atoms with E-state index in [1.54, 1.807) is 46.5 Å². The normalized spacial score (nSPS) is 11.0. The highest BCUT2D eigenvalue weighted by Gasteiger charge is 2.12. The molecule has 0 unspecified atom stereocenters. The lowest BCUT2D eigenvalue weighted by Gasteiger charge is -2.01. The molecule has 1 N–H and O–H groups in total. The van der Waals surface area contributed by atoms with Crippen LogP contribution in [0.4, 0.5) is 0 Å². The first kappa shape index (κ1) is 18.2. The second-order valence-corrected chi connectivity index (χ2v) is 7.22. The zero-order chi connectivity index (χ0) is 19.3. The van der Waals surface area contributed by atoms with E-state index in [0.717, 1.165) is 21.8 Å². The molecule has 5 nitrogen and oxygen atoms in total. The Labute approximate surface area is 170 Å². The Bertz CT molecular complexity index is 1120. The van der Waals surface area contributed by atoms with Gasteiger partial charge in [0.1, 0.15) is 5.69 Å². The Kier molecular flexibility index (Phi) is 5.32. The lowest BCUT2D eigenvalue weighted by molar-refractivity contribution is 0.0955. The van der Waals surface area contributed by atoms with Crippen LogP contribution >= 0.6 is 22.9 Å². The van der Waals surface area contributed by atoms with Gasteiger partial charge in [0, 0.05) is 11.8 Å². The van der Waals surface area contributed by atoms with Crippen molar-refractivity contribution in [3.05, 3.63) is 94.5 Å². The largest absolute Gasteiger partial charge is 0.272 e. The summed E-state index contributed by atoms with van der Waals surface area (Å²) in [6, 6.07) is 20.6. The summed E-state index contributed by atoms with van der Waals surface area (Å²) in [7, 11) is 0. The van der Waals surface area contributed by atoms with Crippen LogP contribution in [0.5, 0.6) is 0 Å². The van der Waals surface area contributed by atoms with Crippen molar-refractivity contribution in [1.29, 1.82) is 0 Å². The Hall–Kier alpha value is -3.22. The fraction of sp³-hybridized carbons (Fsp3) is 0. The number of amides is 1. The van der Waals surface area contributed by atoms with Crippen molar-refractivity contribution in [2.45, 2.75) is 0 Å². The summed E-state index contributed by atoms with van der Waals surface area (Å²) < 4.78 is 1.80. The number of nitrogens with one attached hydrogen (secondary N) is 1. The Morgan fingerprint density at radius 3 is 2.61 bits per heavy atom.